The lowest BCUT2D eigenvalue weighted by Gasteiger charge is -2.20. The Morgan fingerprint density at radius 3 is 2.77 bits per heavy atom. The molecule has 2 N–H and O–H groups in total. The lowest BCUT2D eigenvalue weighted by molar-refractivity contribution is 0.852. The fourth-order valence-electron chi connectivity index (χ4n) is 1.29. The summed E-state index contributed by atoms with van der Waals surface area (Å²) >= 11 is 5.98. The van der Waals surface area contributed by atoms with E-state index >= 15 is 0 Å². The molecule has 0 aliphatic carbocycles. The van der Waals surface area contributed by atoms with Crippen molar-refractivity contribution in [2.75, 3.05) is 24.2 Å². The second kappa shape index (κ2) is 4.33. The first-order chi connectivity index (χ1) is 6.16. The van der Waals surface area contributed by atoms with Crippen molar-refractivity contribution in [3.05, 3.63) is 17.4 Å². The van der Waals surface area contributed by atoms with Crippen LogP contribution in [0.4, 0.5) is 11.4 Å². The highest BCUT2D eigenvalue weighted by Crippen LogP contribution is 2.29. The quantitative estimate of drug-likeness (QED) is 0.812. The molecule has 0 bridgehead atoms. The second-order valence-corrected chi connectivity index (χ2v) is 3.39. The van der Waals surface area contributed by atoms with Gasteiger partial charge in [0.15, 0.2) is 0 Å². The Hall–Kier alpha value is -0.960. The molecule has 0 radical (unpaired) electrons. The standard InChI is InChI=1S/C9H14ClN3/c1-3-4-13(2)9-7(10)5-12-6-8(9)11/h5-6H,3-4,11H2,1-2H3. The van der Waals surface area contributed by atoms with E-state index in [9.17, 15) is 0 Å². The molecule has 1 rings (SSSR count). The van der Waals surface area contributed by atoms with Crippen LogP contribution in [0.25, 0.3) is 0 Å². The first-order valence-corrected chi connectivity index (χ1v) is 4.64. The molecule has 1 heterocycles. The fraction of sp³-hybridized carbons (Fsp3) is 0.444. The molecular formula is C9H14ClN3. The average molecular weight is 200 g/mol. The molecule has 0 aromatic carbocycles. The third-order valence-corrected chi connectivity index (χ3v) is 2.12. The number of hydrogen-bond acceptors (Lipinski definition) is 3. The Morgan fingerprint density at radius 2 is 2.23 bits per heavy atom. The lowest BCUT2D eigenvalue weighted by Crippen LogP contribution is -2.19. The van der Waals surface area contributed by atoms with Crippen LogP contribution in [0.2, 0.25) is 5.02 Å². The summed E-state index contributed by atoms with van der Waals surface area (Å²) in [7, 11) is 1.97. The number of pyridine rings is 1. The summed E-state index contributed by atoms with van der Waals surface area (Å²) in [5.74, 6) is 0. The molecule has 0 saturated carbocycles. The maximum atomic E-state index is 5.98. The Bertz CT molecular complexity index is 268. The second-order valence-electron chi connectivity index (χ2n) is 2.98. The van der Waals surface area contributed by atoms with Gasteiger partial charge < -0.3 is 10.6 Å². The molecule has 72 valence electrons. The first kappa shape index (κ1) is 10.1. The van der Waals surface area contributed by atoms with E-state index in [-0.39, 0.29) is 0 Å². The minimum Gasteiger partial charge on any atom is -0.396 e. The van der Waals surface area contributed by atoms with Crippen molar-refractivity contribution >= 4 is 23.0 Å². The molecule has 0 saturated heterocycles. The van der Waals surface area contributed by atoms with E-state index in [1.165, 1.54) is 0 Å². The van der Waals surface area contributed by atoms with Gasteiger partial charge >= 0.3 is 0 Å². The van der Waals surface area contributed by atoms with Crippen molar-refractivity contribution in [1.82, 2.24) is 4.98 Å². The zero-order chi connectivity index (χ0) is 9.84. The van der Waals surface area contributed by atoms with E-state index in [4.69, 9.17) is 17.3 Å². The summed E-state index contributed by atoms with van der Waals surface area (Å²) in [5.41, 5.74) is 7.27. The molecule has 0 unspecified atom stereocenters. The highest BCUT2D eigenvalue weighted by molar-refractivity contribution is 6.33. The van der Waals surface area contributed by atoms with Gasteiger partial charge in [0.1, 0.15) is 0 Å². The van der Waals surface area contributed by atoms with E-state index in [1.807, 2.05) is 11.9 Å². The minimum atomic E-state index is 0.607. The van der Waals surface area contributed by atoms with Gasteiger partial charge in [-0.2, -0.15) is 0 Å². The molecule has 0 aliphatic rings. The van der Waals surface area contributed by atoms with Gasteiger partial charge in [0.05, 0.1) is 22.6 Å². The molecule has 0 amide bonds. The van der Waals surface area contributed by atoms with Gasteiger partial charge in [-0.05, 0) is 6.42 Å². The van der Waals surface area contributed by atoms with Crippen LogP contribution in [0.5, 0.6) is 0 Å². The molecule has 1 aromatic rings. The number of rotatable bonds is 3. The fourth-order valence-corrected chi connectivity index (χ4v) is 1.60. The molecule has 0 fully saturated rings. The molecule has 0 atom stereocenters. The molecule has 4 heteroatoms. The van der Waals surface area contributed by atoms with Gasteiger partial charge in [-0.25, -0.2) is 0 Å². The predicted octanol–water partition coefficient (Wildman–Crippen LogP) is 2.16. The number of aromatic nitrogens is 1. The zero-order valence-electron chi connectivity index (χ0n) is 7.92. The summed E-state index contributed by atoms with van der Waals surface area (Å²) in [6, 6.07) is 0. The van der Waals surface area contributed by atoms with E-state index in [2.05, 4.69) is 11.9 Å². The first-order valence-electron chi connectivity index (χ1n) is 4.27. The van der Waals surface area contributed by atoms with Gasteiger partial charge in [0, 0.05) is 19.8 Å². The molecular weight excluding hydrogens is 186 g/mol. The molecule has 3 nitrogen and oxygen atoms in total. The summed E-state index contributed by atoms with van der Waals surface area (Å²) in [6.07, 6.45) is 4.29. The monoisotopic (exact) mass is 199 g/mol. The predicted molar refractivity (Wildman–Crippen MR) is 57.2 cm³/mol. The summed E-state index contributed by atoms with van der Waals surface area (Å²) in [5, 5.41) is 0.607. The number of hydrogen-bond donors (Lipinski definition) is 1. The summed E-state index contributed by atoms with van der Waals surface area (Å²) < 4.78 is 0. The Balaban J connectivity index is 2.98. The van der Waals surface area contributed by atoms with Crippen LogP contribution < -0.4 is 10.6 Å². The minimum absolute atomic E-state index is 0.607. The third-order valence-electron chi connectivity index (χ3n) is 1.84. The van der Waals surface area contributed by atoms with Crippen LogP contribution in [0.15, 0.2) is 12.4 Å². The van der Waals surface area contributed by atoms with Gasteiger partial charge in [-0.1, -0.05) is 18.5 Å². The zero-order valence-corrected chi connectivity index (χ0v) is 8.67. The number of nitrogen functional groups attached to an aromatic ring is 1. The van der Waals surface area contributed by atoms with E-state index in [0.717, 1.165) is 18.7 Å². The Morgan fingerprint density at radius 1 is 1.54 bits per heavy atom. The molecule has 1 aromatic heterocycles. The van der Waals surface area contributed by atoms with E-state index in [0.29, 0.717) is 10.7 Å². The summed E-state index contributed by atoms with van der Waals surface area (Å²) in [4.78, 5) is 5.94. The van der Waals surface area contributed by atoms with Gasteiger partial charge in [0.25, 0.3) is 0 Å². The van der Waals surface area contributed by atoms with E-state index < -0.39 is 0 Å². The topological polar surface area (TPSA) is 42.1 Å². The van der Waals surface area contributed by atoms with Crippen molar-refractivity contribution < 1.29 is 0 Å². The number of nitrogens with two attached hydrogens (primary N) is 1. The average Bonchev–Trinajstić information content (AvgIpc) is 2.04. The molecule has 0 spiro atoms. The van der Waals surface area contributed by atoms with Crippen molar-refractivity contribution in [2.45, 2.75) is 13.3 Å². The van der Waals surface area contributed by atoms with Crippen LogP contribution >= 0.6 is 11.6 Å². The summed E-state index contributed by atoms with van der Waals surface area (Å²) in [6.45, 7) is 3.05. The van der Waals surface area contributed by atoms with Crippen LogP contribution in [-0.4, -0.2) is 18.6 Å². The largest absolute Gasteiger partial charge is 0.396 e. The number of halogens is 1. The SMILES string of the molecule is CCCN(C)c1c(N)cncc1Cl. The van der Waals surface area contributed by atoms with Crippen molar-refractivity contribution in [3.63, 3.8) is 0 Å². The maximum Gasteiger partial charge on any atom is 0.0843 e. The van der Waals surface area contributed by atoms with Crippen molar-refractivity contribution in [1.29, 1.82) is 0 Å². The van der Waals surface area contributed by atoms with Crippen LogP contribution in [-0.2, 0) is 0 Å². The van der Waals surface area contributed by atoms with Crippen LogP contribution in [0.3, 0.4) is 0 Å². The Kier molecular flexibility index (Phi) is 3.37. The highest BCUT2D eigenvalue weighted by Gasteiger charge is 2.08. The lowest BCUT2D eigenvalue weighted by atomic mass is 10.3. The smallest absolute Gasteiger partial charge is 0.0843 e. The third kappa shape index (κ3) is 2.25. The van der Waals surface area contributed by atoms with Gasteiger partial charge in [-0.15, -0.1) is 0 Å². The number of nitrogens with zero attached hydrogens (tertiary/aromatic N) is 2. The van der Waals surface area contributed by atoms with E-state index in [1.54, 1.807) is 12.4 Å². The van der Waals surface area contributed by atoms with Gasteiger partial charge in [-0.3, -0.25) is 4.98 Å². The normalized spacial score (nSPS) is 10.1. The van der Waals surface area contributed by atoms with Crippen LogP contribution in [0, 0.1) is 0 Å². The maximum absolute atomic E-state index is 5.98. The molecule has 0 aliphatic heterocycles. The van der Waals surface area contributed by atoms with Crippen molar-refractivity contribution in [2.24, 2.45) is 0 Å². The molecule has 13 heavy (non-hydrogen) atoms. The van der Waals surface area contributed by atoms with Gasteiger partial charge in [0.2, 0.25) is 0 Å². The van der Waals surface area contributed by atoms with Crippen molar-refractivity contribution in [3.8, 4) is 0 Å². The number of anilines is 2. The van der Waals surface area contributed by atoms with Crippen LogP contribution in [0.1, 0.15) is 13.3 Å². The highest BCUT2D eigenvalue weighted by atomic mass is 35.5. The Labute approximate surface area is 83.5 Å².